The number of nitrogens with two attached hydrogens (primary N) is 1. The zero-order chi connectivity index (χ0) is 7.84. The number of rotatable bonds is 1. The molecule has 0 saturated heterocycles. The number of amides is 1. The number of primary amides is 1. The van der Waals surface area contributed by atoms with Crippen LogP contribution < -0.4 is 5.73 Å². The molecule has 2 rings (SSSR count). The van der Waals surface area contributed by atoms with Crippen molar-refractivity contribution in [1.82, 2.24) is 14.6 Å². The summed E-state index contributed by atoms with van der Waals surface area (Å²) < 4.78 is 1.63. The van der Waals surface area contributed by atoms with Crippen molar-refractivity contribution < 1.29 is 4.79 Å². The normalized spacial score (nSPS) is 10.5. The topological polar surface area (TPSA) is 76.2 Å². The van der Waals surface area contributed by atoms with Crippen LogP contribution in [-0.4, -0.2) is 20.5 Å². The summed E-state index contributed by atoms with van der Waals surface area (Å²) in [6, 6.07) is 1.76. The average Bonchev–Trinajstić information content (AvgIpc) is 2.40. The minimum absolute atomic E-state index is 0.275. The van der Waals surface area contributed by atoms with Gasteiger partial charge in [0.25, 0.3) is 5.91 Å². The van der Waals surface area contributed by atoms with E-state index in [1.807, 2.05) is 0 Å². The van der Waals surface area contributed by atoms with Crippen molar-refractivity contribution in [2.24, 2.45) is 5.73 Å². The molecule has 0 aliphatic carbocycles. The van der Waals surface area contributed by atoms with Gasteiger partial charge >= 0.3 is 0 Å². The van der Waals surface area contributed by atoms with Crippen LogP contribution in [-0.2, 0) is 0 Å². The van der Waals surface area contributed by atoms with Gasteiger partial charge in [-0.1, -0.05) is 0 Å². The molecular weight excluding hydrogens is 144 g/mol. The van der Waals surface area contributed by atoms with Crippen molar-refractivity contribution >= 4 is 11.6 Å². The third kappa shape index (κ3) is 0.778. The van der Waals surface area contributed by atoms with E-state index in [-0.39, 0.29) is 5.69 Å². The van der Waals surface area contributed by atoms with Crippen molar-refractivity contribution in [2.75, 3.05) is 0 Å². The molecule has 2 heterocycles. The van der Waals surface area contributed by atoms with Crippen LogP contribution in [0.4, 0.5) is 0 Å². The van der Waals surface area contributed by atoms with Crippen molar-refractivity contribution in [2.45, 2.75) is 0 Å². The van der Waals surface area contributed by atoms with Crippen LogP contribution in [0.25, 0.3) is 5.65 Å². The van der Waals surface area contributed by atoms with Gasteiger partial charge in [0.1, 0.15) is 5.69 Å². The van der Waals surface area contributed by atoms with E-state index in [0.717, 1.165) is 0 Å². The number of carbonyl (C=O) groups is 1. The molecule has 0 radical (unpaired) electrons. The minimum atomic E-state index is -0.512. The Morgan fingerprint density at radius 1 is 1.73 bits per heavy atom. The highest BCUT2D eigenvalue weighted by molar-refractivity contribution is 5.91. The van der Waals surface area contributed by atoms with Gasteiger partial charge in [0, 0.05) is 12.3 Å². The van der Waals surface area contributed by atoms with Crippen molar-refractivity contribution in [3.63, 3.8) is 0 Å². The lowest BCUT2D eigenvalue weighted by molar-refractivity contribution is 0.0996. The van der Waals surface area contributed by atoms with Gasteiger partial charge in [0.2, 0.25) is 0 Å². The van der Waals surface area contributed by atoms with Gasteiger partial charge < -0.3 is 10.8 Å². The lowest BCUT2D eigenvalue weighted by atomic mass is 10.5. The highest BCUT2D eigenvalue weighted by Gasteiger charge is 2.05. The Kier molecular flexibility index (Phi) is 1.00. The number of hydrogen-bond donors (Lipinski definition) is 2. The van der Waals surface area contributed by atoms with E-state index in [1.54, 1.807) is 23.0 Å². The van der Waals surface area contributed by atoms with Gasteiger partial charge in [0.15, 0.2) is 5.65 Å². The van der Waals surface area contributed by atoms with Gasteiger partial charge in [-0.15, -0.1) is 0 Å². The standard InChI is InChI=1S/C6H6N4O/c7-6(11)4-3-10-5(9-4)1-2-8-10/h1-3,8H,(H2,7,11). The first-order chi connectivity index (χ1) is 5.27. The Morgan fingerprint density at radius 2 is 2.55 bits per heavy atom. The number of nitrogens with zero attached hydrogens (tertiary/aromatic N) is 2. The number of imidazole rings is 1. The molecule has 0 bridgehead atoms. The Balaban J connectivity index is 2.67. The summed E-state index contributed by atoms with van der Waals surface area (Å²) in [6.45, 7) is 0. The molecule has 0 spiro atoms. The van der Waals surface area contributed by atoms with E-state index in [9.17, 15) is 4.79 Å². The Bertz CT molecular complexity index is 371. The van der Waals surface area contributed by atoms with E-state index in [1.165, 1.54) is 0 Å². The van der Waals surface area contributed by atoms with Gasteiger partial charge in [-0.05, 0) is 0 Å². The third-order valence-electron chi connectivity index (χ3n) is 1.43. The van der Waals surface area contributed by atoms with Crippen LogP contribution in [0, 0.1) is 0 Å². The maximum atomic E-state index is 10.6. The van der Waals surface area contributed by atoms with Gasteiger partial charge in [-0.3, -0.25) is 4.79 Å². The number of carbonyl (C=O) groups excluding carboxylic acids is 1. The fourth-order valence-corrected chi connectivity index (χ4v) is 0.926. The molecule has 0 aliphatic heterocycles. The molecule has 0 atom stereocenters. The predicted octanol–water partition coefficient (Wildman–Crippen LogP) is -0.239. The van der Waals surface area contributed by atoms with Crippen LogP contribution in [0.15, 0.2) is 18.5 Å². The van der Waals surface area contributed by atoms with Crippen LogP contribution in [0.1, 0.15) is 10.5 Å². The minimum Gasteiger partial charge on any atom is -0.364 e. The quantitative estimate of drug-likeness (QED) is 0.588. The second-order valence-electron chi connectivity index (χ2n) is 2.18. The lowest BCUT2D eigenvalue weighted by Gasteiger charge is -1.80. The number of nitrogens with one attached hydrogen (secondary N) is 1. The summed E-state index contributed by atoms with van der Waals surface area (Å²) in [5.41, 5.74) is 5.98. The molecule has 56 valence electrons. The molecule has 0 saturated carbocycles. The van der Waals surface area contributed by atoms with E-state index < -0.39 is 5.91 Å². The summed E-state index contributed by atoms with van der Waals surface area (Å²) >= 11 is 0. The molecule has 2 aromatic rings. The molecule has 11 heavy (non-hydrogen) atoms. The molecule has 0 unspecified atom stereocenters. The summed E-state index contributed by atoms with van der Waals surface area (Å²) in [4.78, 5) is 14.5. The number of H-pyrrole nitrogens is 1. The monoisotopic (exact) mass is 150 g/mol. The maximum absolute atomic E-state index is 10.6. The summed E-state index contributed by atoms with van der Waals surface area (Å²) in [5.74, 6) is -0.512. The van der Waals surface area contributed by atoms with Crippen molar-refractivity contribution in [3.8, 4) is 0 Å². The fourth-order valence-electron chi connectivity index (χ4n) is 0.926. The van der Waals surface area contributed by atoms with E-state index in [2.05, 4.69) is 10.1 Å². The second-order valence-corrected chi connectivity index (χ2v) is 2.18. The molecule has 1 amide bonds. The number of aromatic nitrogens is 3. The lowest BCUT2D eigenvalue weighted by Crippen LogP contribution is -2.10. The number of fused-ring (bicyclic) bond motifs is 1. The zero-order valence-corrected chi connectivity index (χ0v) is 5.61. The van der Waals surface area contributed by atoms with Crippen molar-refractivity contribution in [3.05, 3.63) is 24.2 Å². The van der Waals surface area contributed by atoms with Gasteiger partial charge in [-0.2, -0.15) is 0 Å². The van der Waals surface area contributed by atoms with E-state index >= 15 is 0 Å². The zero-order valence-electron chi connectivity index (χ0n) is 5.61. The molecule has 5 heteroatoms. The van der Waals surface area contributed by atoms with E-state index in [0.29, 0.717) is 5.65 Å². The maximum Gasteiger partial charge on any atom is 0.268 e. The van der Waals surface area contributed by atoms with Crippen LogP contribution in [0.5, 0.6) is 0 Å². The van der Waals surface area contributed by atoms with Gasteiger partial charge in [-0.25, -0.2) is 9.50 Å². The third-order valence-corrected chi connectivity index (χ3v) is 1.43. The molecule has 0 aromatic carbocycles. The van der Waals surface area contributed by atoms with Gasteiger partial charge in [0.05, 0.1) is 6.20 Å². The predicted molar refractivity (Wildman–Crippen MR) is 38.1 cm³/mol. The first-order valence-electron chi connectivity index (χ1n) is 3.09. The molecule has 2 aromatic heterocycles. The first kappa shape index (κ1) is 5.96. The summed E-state index contributed by atoms with van der Waals surface area (Å²) in [7, 11) is 0. The Labute approximate surface area is 61.8 Å². The first-order valence-corrected chi connectivity index (χ1v) is 3.09. The molecular formula is C6H6N4O. The fraction of sp³-hybridized carbons (Fsp3) is 0. The van der Waals surface area contributed by atoms with Crippen LogP contribution in [0.3, 0.4) is 0 Å². The molecule has 0 fully saturated rings. The smallest absolute Gasteiger partial charge is 0.268 e. The number of aromatic amines is 1. The van der Waals surface area contributed by atoms with E-state index in [4.69, 9.17) is 5.73 Å². The highest BCUT2D eigenvalue weighted by atomic mass is 16.1. The van der Waals surface area contributed by atoms with Crippen LogP contribution >= 0.6 is 0 Å². The Hall–Kier alpha value is -1.78. The highest BCUT2D eigenvalue weighted by Crippen LogP contribution is 2.01. The molecule has 3 N–H and O–H groups in total. The molecule has 5 nitrogen and oxygen atoms in total. The second kappa shape index (κ2) is 1.85. The Morgan fingerprint density at radius 3 is 3.18 bits per heavy atom. The largest absolute Gasteiger partial charge is 0.364 e. The van der Waals surface area contributed by atoms with Crippen molar-refractivity contribution in [1.29, 1.82) is 0 Å². The molecule has 0 aliphatic rings. The summed E-state index contributed by atoms with van der Waals surface area (Å²) in [6.07, 6.45) is 3.28. The SMILES string of the molecule is NC(=O)c1cn2[nH]ccc2n1. The van der Waals surface area contributed by atoms with Crippen LogP contribution in [0.2, 0.25) is 0 Å². The average molecular weight is 150 g/mol. The summed E-state index contributed by atoms with van der Waals surface area (Å²) in [5, 5.41) is 2.84. The number of hydrogen-bond acceptors (Lipinski definition) is 2.